The predicted octanol–water partition coefficient (Wildman–Crippen LogP) is 1.47. The highest BCUT2D eigenvalue weighted by atomic mass is 19.4. The number of halogens is 3. The highest BCUT2D eigenvalue weighted by Gasteiger charge is 2.32. The third-order valence-corrected chi connectivity index (χ3v) is 3.63. The summed E-state index contributed by atoms with van der Waals surface area (Å²) in [4.78, 5) is 5.80. The van der Waals surface area contributed by atoms with E-state index in [1.807, 2.05) is 4.90 Å². The molecule has 8 heteroatoms. The van der Waals surface area contributed by atoms with Crippen molar-refractivity contribution in [2.75, 3.05) is 24.5 Å². The number of alkyl halides is 3. The topological polar surface area (TPSA) is 70.8 Å². The molecule has 5 nitrogen and oxygen atoms in total. The van der Waals surface area contributed by atoms with Gasteiger partial charge in [0.2, 0.25) is 5.95 Å². The highest BCUT2D eigenvalue weighted by molar-refractivity contribution is 5.29. The van der Waals surface area contributed by atoms with Crippen LogP contribution in [-0.2, 0) is 6.42 Å². The number of nitrogens with one attached hydrogen (secondary N) is 1. The average molecular weight is 277 g/mol. The maximum absolute atomic E-state index is 12.2. The summed E-state index contributed by atoms with van der Waals surface area (Å²) in [5.41, 5.74) is 5.83. The van der Waals surface area contributed by atoms with Gasteiger partial charge in [-0.25, -0.2) is 0 Å². The molecule has 2 rings (SSSR count). The molecule has 0 saturated carbocycles. The van der Waals surface area contributed by atoms with Crippen LogP contribution in [0.5, 0.6) is 0 Å². The zero-order chi connectivity index (χ0) is 14.1. The monoisotopic (exact) mass is 277 g/mol. The number of anilines is 1. The summed E-state index contributed by atoms with van der Waals surface area (Å²) < 4.78 is 36.7. The molecule has 0 spiro atoms. The second-order valence-electron chi connectivity index (χ2n) is 5.38. The van der Waals surface area contributed by atoms with Crippen LogP contribution in [-0.4, -0.2) is 41.0 Å². The largest absolute Gasteiger partial charge is 0.396 e. The molecule has 3 N–H and O–H groups in total. The Kier molecular flexibility index (Phi) is 3.71. The van der Waals surface area contributed by atoms with Gasteiger partial charge in [-0.2, -0.15) is 18.2 Å². The summed E-state index contributed by atoms with van der Waals surface area (Å²) in [6, 6.07) is 0. The van der Waals surface area contributed by atoms with Crippen LogP contribution < -0.4 is 10.6 Å². The van der Waals surface area contributed by atoms with Crippen LogP contribution in [0, 0.1) is 5.41 Å². The van der Waals surface area contributed by atoms with Crippen molar-refractivity contribution in [2.24, 2.45) is 11.1 Å². The van der Waals surface area contributed by atoms with Gasteiger partial charge in [-0.15, -0.1) is 5.10 Å². The van der Waals surface area contributed by atoms with Gasteiger partial charge < -0.3 is 10.6 Å². The quantitative estimate of drug-likeness (QED) is 0.878. The van der Waals surface area contributed by atoms with Crippen molar-refractivity contribution in [1.82, 2.24) is 15.2 Å². The molecule has 1 saturated heterocycles. The van der Waals surface area contributed by atoms with Crippen LogP contribution in [0.4, 0.5) is 19.1 Å². The van der Waals surface area contributed by atoms with Crippen molar-refractivity contribution in [3.63, 3.8) is 0 Å². The number of piperidine rings is 1. The summed E-state index contributed by atoms with van der Waals surface area (Å²) in [6.07, 6.45) is -3.55. The minimum absolute atomic E-state index is 0.113. The second-order valence-corrected chi connectivity index (χ2v) is 5.38. The first-order valence-electron chi connectivity index (χ1n) is 6.24. The summed E-state index contributed by atoms with van der Waals surface area (Å²) in [5, 5.41) is 6.20. The summed E-state index contributed by atoms with van der Waals surface area (Å²) in [6.45, 7) is 4.18. The SMILES string of the molecule is CC1(CN)CCN(c2n[nH]c(CC(F)(F)F)n2)CC1. The van der Waals surface area contributed by atoms with Crippen molar-refractivity contribution in [1.29, 1.82) is 0 Å². The van der Waals surface area contributed by atoms with E-state index in [1.165, 1.54) is 0 Å². The zero-order valence-electron chi connectivity index (χ0n) is 10.8. The number of rotatable bonds is 3. The molecule has 1 aliphatic heterocycles. The van der Waals surface area contributed by atoms with Gasteiger partial charge in [-0.1, -0.05) is 6.92 Å². The number of H-pyrrole nitrogens is 1. The van der Waals surface area contributed by atoms with Crippen molar-refractivity contribution in [3.8, 4) is 0 Å². The van der Waals surface area contributed by atoms with Gasteiger partial charge in [0, 0.05) is 13.1 Å². The van der Waals surface area contributed by atoms with Crippen LogP contribution in [0.3, 0.4) is 0 Å². The van der Waals surface area contributed by atoms with E-state index in [0.29, 0.717) is 12.5 Å². The van der Waals surface area contributed by atoms with Gasteiger partial charge in [0.25, 0.3) is 0 Å². The Hall–Kier alpha value is -1.31. The van der Waals surface area contributed by atoms with Gasteiger partial charge in [-0.05, 0) is 24.8 Å². The number of hydrogen-bond donors (Lipinski definition) is 2. The zero-order valence-corrected chi connectivity index (χ0v) is 10.8. The molecule has 1 aliphatic rings. The first-order valence-corrected chi connectivity index (χ1v) is 6.24. The van der Waals surface area contributed by atoms with E-state index < -0.39 is 12.6 Å². The molecule has 0 atom stereocenters. The first-order chi connectivity index (χ1) is 8.81. The van der Waals surface area contributed by atoms with Gasteiger partial charge in [0.15, 0.2) is 0 Å². The maximum atomic E-state index is 12.2. The van der Waals surface area contributed by atoms with Gasteiger partial charge in [0.05, 0.1) is 0 Å². The van der Waals surface area contributed by atoms with Crippen molar-refractivity contribution >= 4 is 5.95 Å². The lowest BCUT2D eigenvalue weighted by Gasteiger charge is -2.38. The molecule has 0 aliphatic carbocycles. The van der Waals surface area contributed by atoms with Crippen molar-refractivity contribution < 1.29 is 13.2 Å². The van der Waals surface area contributed by atoms with Crippen LogP contribution in [0.15, 0.2) is 0 Å². The van der Waals surface area contributed by atoms with E-state index in [-0.39, 0.29) is 11.2 Å². The van der Waals surface area contributed by atoms with Gasteiger partial charge in [0.1, 0.15) is 12.2 Å². The van der Waals surface area contributed by atoms with E-state index in [0.717, 1.165) is 25.9 Å². The molecule has 2 heterocycles. The molecule has 1 aromatic rings. The first kappa shape index (κ1) is 14.1. The standard InChI is InChI=1S/C11H18F3N5/c1-10(7-15)2-4-19(5-3-10)9-16-8(17-18-9)6-11(12,13)14/h2-7,15H2,1H3,(H,16,17,18). The molecule has 0 amide bonds. The smallest absolute Gasteiger partial charge is 0.340 e. The Labute approximate surface area is 109 Å². The van der Waals surface area contributed by atoms with Crippen LogP contribution in [0.2, 0.25) is 0 Å². The van der Waals surface area contributed by atoms with E-state index >= 15 is 0 Å². The molecule has 0 aromatic carbocycles. The maximum Gasteiger partial charge on any atom is 0.396 e. The normalized spacial score (nSPS) is 19.7. The number of nitrogens with zero attached hydrogens (tertiary/aromatic N) is 3. The van der Waals surface area contributed by atoms with Crippen molar-refractivity contribution in [3.05, 3.63) is 5.82 Å². The second kappa shape index (κ2) is 4.99. The summed E-state index contributed by atoms with van der Waals surface area (Å²) in [7, 11) is 0. The minimum atomic E-state index is -4.27. The summed E-state index contributed by atoms with van der Waals surface area (Å²) in [5.74, 6) is 0.202. The number of hydrogen-bond acceptors (Lipinski definition) is 4. The fraction of sp³-hybridized carbons (Fsp3) is 0.818. The average Bonchev–Trinajstić information content (AvgIpc) is 2.76. The fourth-order valence-electron chi connectivity index (χ4n) is 2.15. The van der Waals surface area contributed by atoms with E-state index in [9.17, 15) is 13.2 Å². The van der Waals surface area contributed by atoms with E-state index in [1.54, 1.807) is 0 Å². The predicted molar refractivity (Wildman–Crippen MR) is 64.8 cm³/mol. The Morgan fingerprint density at radius 2 is 2.00 bits per heavy atom. The molecule has 1 aromatic heterocycles. The van der Waals surface area contributed by atoms with E-state index in [2.05, 4.69) is 22.1 Å². The number of nitrogens with two attached hydrogens (primary N) is 1. The molecule has 0 bridgehead atoms. The Balaban J connectivity index is 1.97. The molecular formula is C11H18F3N5. The van der Waals surface area contributed by atoms with Crippen LogP contribution >= 0.6 is 0 Å². The molecule has 19 heavy (non-hydrogen) atoms. The van der Waals surface area contributed by atoms with Gasteiger partial charge >= 0.3 is 6.18 Å². The Morgan fingerprint density at radius 3 is 2.53 bits per heavy atom. The fourth-order valence-corrected chi connectivity index (χ4v) is 2.15. The van der Waals surface area contributed by atoms with E-state index in [4.69, 9.17) is 5.73 Å². The third-order valence-electron chi connectivity index (χ3n) is 3.63. The lowest BCUT2D eigenvalue weighted by atomic mass is 9.81. The summed E-state index contributed by atoms with van der Waals surface area (Å²) >= 11 is 0. The third kappa shape index (κ3) is 3.59. The van der Waals surface area contributed by atoms with Crippen LogP contribution in [0.25, 0.3) is 0 Å². The molecular weight excluding hydrogens is 259 g/mol. The van der Waals surface area contributed by atoms with Crippen molar-refractivity contribution in [2.45, 2.75) is 32.4 Å². The lowest BCUT2D eigenvalue weighted by Crippen LogP contribution is -2.42. The van der Waals surface area contributed by atoms with Crippen LogP contribution in [0.1, 0.15) is 25.6 Å². The highest BCUT2D eigenvalue weighted by Crippen LogP contribution is 2.31. The molecule has 108 valence electrons. The molecule has 0 unspecified atom stereocenters. The Bertz CT molecular complexity index is 420. The Morgan fingerprint density at radius 1 is 1.37 bits per heavy atom. The lowest BCUT2D eigenvalue weighted by molar-refractivity contribution is -0.128. The number of aromatic amines is 1. The molecule has 1 fully saturated rings. The number of aromatic nitrogens is 3. The van der Waals surface area contributed by atoms with Gasteiger partial charge in [-0.3, -0.25) is 5.10 Å². The molecule has 0 radical (unpaired) electrons. The minimum Gasteiger partial charge on any atom is -0.340 e.